The predicted octanol–water partition coefficient (Wildman–Crippen LogP) is 5.45. The number of carbonyl (C=O) groups is 1. The SMILES string of the molecule is CCCCc1cn(Cc2ccccc2)c(=O)n1Cc1ccccc1-c1ccccc1C(=O)O. The molecule has 4 rings (SSSR count). The third kappa shape index (κ3) is 4.98. The molecule has 1 aromatic heterocycles. The van der Waals surface area contributed by atoms with Crippen LogP contribution in [0, 0.1) is 0 Å². The standard InChI is InChI=1S/C28H28N2O3/c1-2-3-14-23-20-29(18-21-11-5-4-6-12-21)28(33)30(23)19-22-13-7-8-15-24(22)25-16-9-10-17-26(25)27(31)32/h4-13,15-17,20H,2-3,14,18-19H2,1H3,(H,31,32). The Morgan fingerprint density at radius 2 is 1.52 bits per heavy atom. The molecule has 0 saturated heterocycles. The first kappa shape index (κ1) is 22.3. The molecule has 0 spiro atoms. The van der Waals surface area contributed by atoms with Crippen LogP contribution in [-0.2, 0) is 19.5 Å². The van der Waals surface area contributed by atoms with Crippen molar-refractivity contribution in [3.63, 3.8) is 0 Å². The van der Waals surface area contributed by atoms with Crippen molar-refractivity contribution in [2.45, 2.75) is 39.3 Å². The summed E-state index contributed by atoms with van der Waals surface area (Å²) in [6, 6.07) is 24.7. The minimum absolute atomic E-state index is 0.0497. The summed E-state index contributed by atoms with van der Waals surface area (Å²) in [5.41, 5.74) is 4.70. The summed E-state index contributed by atoms with van der Waals surface area (Å²) in [6.07, 6.45) is 4.83. The zero-order valence-corrected chi connectivity index (χ0v) is 18.8. The summed E-state index contributed by atoms with van der Waals surface area (Å²) < 4.78 is 3.61. The lowest BCUT2D eigenvalue weighted by atomic mass is 9.95. The molecule has 5 nitrogen and oxygen atoms in total. The lowest BCUT2D eigenvalue weighted by Gasteiger charge is -2.14. The average Bonchev–Trinajstić information content (AvgIpc) is 3.12. The van der Waals surface area contributed by atoms with Crippen molar-refractivity contribution in [3.05, 3.63) is 118 Å². The van der Waals surface area contributed by atoms with Crippen LogP contribution >= 0.6 is 0 Å². The molecule has 0 aliphatic rings. The van der Waals surface area contributed by atoms with Crippen LogP contribution in [0.1, 0.15) is 46.9 Å². The van der Waals surface area contributed by atoms with Crippen LogP contribution in [0.2, 0.25) is 0 Å². The van der Waals surface area contributed by atoms with Crippen LogP contribution in [0.25, 0.3) is 11.1 Å². The van der Waals surface area contributed by atoms with Gasteiger partial charge in [0.15, 0.2) is 0 Å². The highest BCUT2D eigenvalue weighted by molar-refractivity contribution is 5.96. The second-order valence-electron chi connectivity index (χ2n) is 8.21. The second-order valence-corrected chi connectivity index (χ2v) is 8.21. The number of hydrogen-bond donors (Lipinski definition) is 1. The summed E-state index contributed by atoms with van der Waals surface area (Å²) in [5.74, 6) is -0.963. The van der Waals surface area contributed by atoms with E-state index < -0.39 is 5.97 Å². The monoisotopic (exact) mass is 440 g/mol. The number of benzene rings is 3. The molecule has 0 saturated carbocycles. The van der Waals surface area contributed by atoms with Gasteiger partial charge in [-0.2, -0.15) is 0 Å². The first-order valence-corrected chi connectivity index (χ1v) is 11.3. The van der Waals surface area contributed by atoms with Crippen LogP contribution in [0.3, 0.4) is 0 Å². The molecule has 0 amide bonds. The Morgan fingerprint density at radius 1 is 0.848 bits per heavy atom. The van der Waals surface area contributed by atoms with Crippen molar-refractivity contribution < 1.29 is 9.90 Å². The number of unbranched alkanes of at least 4 members (excludes halogenated alkanes) is 1. The molecule has 5 heteroatoms. The van der Waals surface area contributed by atoms with Gasteiger partial charge >= 0.3 is 11.7 Å². The van der Waals surface area contributed by atoms with Gasteiger partial charge in [0.1, 0.15) is 0 Å². The van der Waals surface area contributed by atoms with Crippen LogP contribution < -0.4 is 5.69 Å². The molecule has 168 valence electrons. The Hall–Kier alpha value is -3.86. The quantitative estimate of drug-likeness (QED) is 0.376. The van der Waals surface area contributed by atoms with Crippen molar-refractivity contribution in [1.82, 2.24) is 9.13 Å². The van der Waals surface area contributed by atoms with Crippen LogP contribution in [0.4, 0.5) is 0 Å². The van der Waals surface area contributed by atoms with E-state index in [2.05, 4.69) is 6.92 Å². The van der Waals surface area contributed by atoms with E-state index in [-0.39, 0.29) is 11.3 Å². The Bertz CT molecular complexity index is 1300. The Balaban J connectivity index is 1.75. The number of hydrogen-bond acceptors (Lipinski definition) is 2. The van der Waals surface area contributed by atoms with Crippen molar-refractivity contribution >= 4 is 5.97 Å². The highest BCUT2D eigenvalue weighted by atomic mass is 16.4. The van der Waals surface area contributed by atoms with E-state index in [0.717, 1.165) is 41.6 Å². The van der Waals surface area contributed by atoms with Crippen LogP contribution in [-0.4, -0.2) is 20.2 Å². The zero-order valence-electron chi connectivity index (χ0n) is 18.8. The third-order valence-corrected chi connectivity index (χ3v) is 5.90. The average molecular weight is 441 g/mol. The fourth-order valence-electron chi connectivity index (χ4n) is 4.20. The molecule has 33 heavy (non-hydrogen) atoms. The van der Waals surface area contributed by atoms with E-state index in [1.807, 2.05) is 77.5 Å². The maximum atomic E-state index is 13.4. The van der Waals surface area contributed by atoms with E-state index in [1.54, 1.807) is 16.7 Å². The number of aromatic nitrogens is 2. The van der Waals surface area contributed by atoms with Crippen LogP contribution in [0.5, 0.6) is 0 Å². The van der Waals surface area contributed by atoms with Gasteiger partial charge in [-0.15, -0.1) is 0 Å². The normalized spacial score (nSPS) is 10.9. The van der Waals surface area contributed by atoms with E-state index >= 15 is 0 Å². The fraction of sp³-hybridized carbons (Fsp3) is 0.214. The molecule has 1 heterocycles. The van der Waals surface area contributed by atoms with Gasteiger partial charge < -0.3 is 5.11 Å². The van der Waals surface area contributed by atoms with Crippen molar-refractivity contribution in [1.29, 1.82) is 0 Å². The van der Waals surface area contributed by atoms with Gasteiger partial charge in [-0.05, 0) is 41.2 Å². The first-order chi connectivity index (χ1) is 16.1. The maximum Gasteiger partial charge on any atom is 0.336 e. The molecule has 0 bridgehead atoms. The van der Waals surface area contributed by atoms with Gasteiger partial charge in [-0.1, -0.05) is 86.1 Å². The number of nitrogens with zero attached hydrogens (tertiary/aromatic N) is 2. The minimum Gasteiger partial charge on any atom is -0.478 e. The Labute approximate surface area is 193 Å². The molecule has 0 aliphatic heterocycles. The van der Waals surface area contributed by atoms with Gasteiger partial charge in [0, 0.05) is 11.9 Å². The summed E-state index contributed by atoms with van der Waals surface area (Å²) in [4.78, 5) is 25.2. The van der Waals surface area contributed by atoms with Gasteiger partial charge in [-0.25, -0.2) is 9.59 Å². The van der Waals surface area contributed by atoms with E-state index in [0.29, 0.717) is 18.7 Å². The van der Waals surface area contributed by atoms with Gasteiger partial charge in [0.25, 0.3) is 0 Å². The molecule has 0 radical (unpaired) electrons. The predicted molar refractivity (Wildman–Crippen MR) is 131 cm³/mol. The van der Waals surface area contributed by atoms with E-state index in [1.165, 1.54) is 0 Å². The molecule has 0 aliphatic carbocycles. The molecular weight excluding hydrogens is 412 g/mol. The number of carboxylic acids is 1. The van der Waals surface area contributed by atoms with Crippen molar-refractivity contribution in [3.8, 4) is 11.1 Å². The first-order valence-electron chi connectivity index (χ1n) is 11.3. The second kappa shape index (κ2) is 10.2. The van der Waals surface area contributed by atoms with Gasteiger partial charge in [0.05, 0.1) is 18.7 Å². The highest BCUT2D eigenvalue weighted by Gasteiger charge is 2.17. The summed E-state index contributed by atoms with van der Waals surface area (Å²) in [5, 5.41) is 9.68. The molecule has 0 atom stereocenters. The number of rotatable bonds is 9. The van der Waals surface area contributed by atoms with Crippen molar-refractivity contribution in [2.24, 2.45) is 0 Å². The molecular formula is C28H28N2O3. The topological polar surface area (TPSA) is 64.2 Å². The van der Waals surface area contributed by atoms with Crippen molar-refractivity contribution in [2.75, 3.05) is 0 Å². The Morgan fingerprint density at radius 3 is 2.24 bits per heavy atom. The Kier molecular flexibility index (Phi) is 6.89. The smallest absolute Gasteiger partial charge is 0.336 e. The molecule has 3 aromatic carbocycles. The number of aryl methyl sites for hydroxylation is 1. The summed E-state index contributed by atoms with van der Waals surface area (Å²) >= 11 is 0. The largest absolute Gasteiger partial charge is 0.478 e. The number of imidazole rings is 1. The van der Waals surface area contributed by atoms with E-state index in [9.17, 15) is 14.7 Å². The molecule has 0 fully saturated rings. The van der Waals surface area contributed by atoms with Gasteiger partial charge in [0.2, 0.25) is 0 Å². The van der Waals surface area contributed by atoms with E-state index in [4.69, 9.17) is 0 Å². The minimum atomic E-state index is -0.963. The number of carboxylic acid groups (broad SMARTS) is 1. The molecule has 4 aromatic rings. The summed E-state index contributed by atoms with van der Waals surface area (Å²) in [6.45, 7) is 3.06. The van der Waals surface area contributed by atoms with Crippen LogP contribution in [0.15, 0.2) is 89.9 Å². The molecule has 0 unspecified atom stereocenters. The maximum absolute atomic E-state index is 13.4. The van der Waals surface area contributed by atoms with Gasteiger partial charge in [-0.3, -0.25) is 9.13 Å². The lowest BCUT2D eigenvalue weighted by molar-refractivity contribution is 0.0697. The number of aromatic carboxylic acids is 1. The zero-order chi connectivity index (χ0) is 23.2. The molecule has 1 N–H and O–H groups in total. The highest BCUT2D eigenvalue weighted by Crippen LogP contribution is 2.28. The lowest BCUT2D eigenvalue weighted by Crippen LogP contribution is -2.26. The fourth-order valence-corrected chi connectivity index (χ4v) is 4.20. The summed E-state index contributed by atoms with van der Waals surface area (Å²) in [7, 11) is 0. The third-order valence-electron chi connectivity index (χ3n) is 5.90.